The van der Waals surface area contributed by atoms with Gasteiger partial charge in [0.05, 0.1) is 18.1 Å². The number of aliphatic hydroxyl groups excluding tert-OH is 1. The highest BCUT2D eigenvalue weighted by molar-refractivity contribution is 5.96. The molecule has 0 bridgehead atoms. The molecule has 1 aromatic heterocycles. The minimum absolute atomic E-state index is 0.177. The van der Waals surface area contributed by atoms with Crippen molar-refractivity contribution >= 4 is 22.6 Å². The minimum atomic E-state index is -1.42. The molecular formula is C23H24N2O8. The van der Waals surface area contributed by atoms with Crippen molar-refractivity contribution in [1.82, 2.24) is 4.57 Å². The number of carbonyl (C=O) groups excluding carboxylic acids is 1. The number of nitrogens with zero attached hydrogens (tertiary/aromatic N) is 2. The Balaban J connectivity index is 2.05. The van der Waals surface area contributed by atoms with Gasteiger partial charge < -0.3 is 28.6 Å². The topological polar surface area (TPSA) is 122 Å². The fourth-order valence-corrected chi connectivity index (χ4v) is 4.52. The Bertz CT molecular complexity index is 1220. The summed E-state index contributed by atoms with van der Waals surface area (Å²) in [6, 6.07) is 12.1. The SMILES string of the molecule is COC(=O)c1cc2ccccc2n1[C@@H]1c2cc([N+](=O)[O-])ccc2O[C@](C)(C(OC)OC)[C@H]1O. The lowest BCUT2D eigenvalue weighted by Crippen LogP contribution is -2.60. The summed E-state index contributed by atoms with van der Waals surface area (Å²) >= 11 is 0. The molecule has 10 nitrogen and oxygen atoms in total. The second-order valence-electron chi connectivity index (χ2n) is 7.91. The zero-order valence-corrected chi connectivity index (χ0v) is 18.6. The first-order chi connectivity index (χ1) is 15.8. The van der Waals surface area contributed by atoms with E-state index >= 15 is 0 Å². The summed E-state index contributed by atoms with van der Waals surface area (Å²) in [6.45, 7) is 1.62. The third-order valence-corrected chi connectivity index (χ3v) is 6.06. The molecule has 0 amide bonds. The normalized spacial score (nSPS) is 22.1. The number of ether oxygens (including phenoxy) is 4. The molecular weight excluding hydrogens is 432 g/mol. The Labute approximate surface area is 189 Å². The van der Waals surface area contributed by atoms with Crippen LogP contribution in [0.2, 0.25) is 0 Å². The molecule has 33 heavy (non-hydrogen) atoms. The summed E-state index contributed by atoms with van der Waals surface area (Å²) in [6.07, 6.45) is -2.32. The second kappa shape index (κ2) is 8.47. The fourth-order valence-electron chi connectivity index (χ4n) is 4.52. The molecule has 2 heterocycles. The van der Waals surface area contributed by atoms with Crippen LogP contribution in [-0.2, 0) is 14.2 Å². The van der Waals surface area contributed by atoms with E-state index in [1.165, 1.54) is 39.5 Å². The third kappa shape index (κ3) is 3.52. The van der Waals surface area contributed by atoms with E-state index in [0.29, 0.717) is 16.8 Å². The number of benzene rings is 2. The number of methoxy groups -OCH3 is 3. The van der Waals surface area contributed by atoms with Crippen molar-refractivity contribution in [2.75, 3.05) is 21.3 Å². The first kappa shape index (κ1) is 22.7. The van der Waals surface area contributed by atoms with Crippen molar-refractivity contribution in [3.05, 3.63) is 69.9 Å². The number of nitro groups is 1. The second-order valence-corrected chi connectivity index (χ2v) is 7.91. The lowest BCUT2D eigenvalue weighted by atomic mass is 9.84. The molecule has 1 aliphatic heterocycles. The van der Waals surface area contributed by atoms with Gasteiger partial charge >= 0.3 is 5.97 Å². The third-order valence-electron chi connectivity index (χ3n) is 6.06. The highest BCUT2D eigenvalue weighted by Gasteiger charge is 2.53. The Morgan fingerprint density at radius 3 is 2.52 bits per heavy atom. The van der Waals surface area contributed by atoms with Crippen molar-refractivity contribution in [3.63, 3.8) is 0 Å². The predicted molar refractivity (Wildman–Crippen MR) is 117 cm³/mol. The molecule has 4 rings (SSSR count). The number of para-hydroxylation sites is 1. The maximum atomic E-state index is 12.7. The number of fused-ring (bicyclic) bond motifs is 2. The first-order valence-electron chi connectivity index (χ1n) is 10.2. The van der Waals surface area contributed by atoms with E-state index in [-0.39, 0.29) is 11.4 Å². The summed E-state index contributed by atoms with van der Waals surface area (Å²) < 4.78 is 23.6. The van der Waals surface area contributed by atoms with Crippen LogP contribution in [0.5, 0.6) is 5.75 Å². The van der Waals surface area contributed by atoms with Crippen molar-refractivity contribution in [2.24, 2.45) is 0 Å². The van der Waals surface area contributed by atoms with Gasteiger partial charge in [-0.2, -0.15) is 0 Å². The number of aliphatic hydroxyl groups is 1. The van der Waals surface area contributed by atoms with E-state index in [4.69, 9.17) is 18.9 Å². The van der Waals surface area contributed by atoms with Gasteiger partial charge in [-0.3, -0.25) is 10.1 Å². The maximum absolute atomic E-state index is 12.7. The van der Waals surface area contributed by atoms with E-state index < -0.39 is 34.9 Å². The molecule has 10 heteroatoms. The van der Waals surface area contributed by atoms with Crippen LogP contribution in [0.15, 0.2) is 48.5 Å². The monoisotopic (exact) mass is 456 g/mol. The molecule has 1 N–H and O–H groups in total. The van der Waals surface area contributed by atoms with Crippen LogP contribution >= 0.6 is 0 Å². The van der Waals surface area contributed by atoms with Gasteiger partial charge in [0.15, 0.2) is 11.9 Å². The summed E-state index contributed by atoms with van der Waals surface area (Å²) in [4.78, 5) is 23.7. The average molecular weight is 456 g/mol. The number of nitro benzene ring substituents is 1. The number of rotatable bonds is 6. The number of hydrogen-bond acceptors (Lipinski definition) is 8. The molecule has 1 aliphatic rings. The fraction of sp³-hybridized carbons (Fsp3) is 0.348. The van der Waals surface area contributed by atoms with Crippen LogP contribution in [0, 0.1) is 10.1 Å². The molecule has 0 radical (unpaired) electrons. The predicted octanol–water partition coefficient (Wildman–Crippen LogP) is 3.06. The summed E-state index contributed by atoms with van der Waals surface area (Å²) in [7, 11) is 4.10. The quantitative estimate of drug-likeness (QED) is 0.260. The molecule has 2 aromatic carbocycles. The molecule has 0 unspecified atom stereocenters. The minimum Gasteiger partial charge on any atom is -0.479 e. The van der Waals surface area contributed by atoms with Gasteiger partial charge in [-0.25, -0.2) is 4.79 Å². The first-order valence-corrected chi connectivity index (χ1v) is 10.2. The standard InChI is InChI=1S/C23H24N2O8/c1-23(22(31-3)32-4)20(26)19(15-12-14(25(28)29)9-10-18(15)33-23)24-16-8-6-5-7-13(16)11-17(24)21(27)30-2/h5-12,19-20,22,26H,1-4H3/t19-,20+,23+/m1/s1. The van der Waals surface area contributed by atoms with Gasteiger partial charge in [0.2, 0.25) is 0 Å². The molecule has 0 saturated heterocycles. The van der Waals surface area contributed by atoms with E-state index in [0.717, 1.165) is 5.39 Å². The van der Waals surface area contributed by atoms with Crippen LogP contribution < -0.4 is 4.74 Å². The van der Waals surface area contributed by atoms with Gasteiger partial charge in [0.25, 0.3) is 5.69 Å². The number of non-ortho nitro benzene ring substituents is 1. The lowest BCUT2D eigenvalue weighted by Gasteiger charge is -2.47. The maximum Gasteiger partial charge on any atom is 0.354 e. The lowest BCUT2D eigenvalue weighted by molar-refractivity contribution is -0.385. The number of carbonyl (C=O) groups is 1. The van der Waals surface area contributed by atoms with Crippen molar-refractivity contribution in [3.8, 4) is 5.75 Å². The largest absolute Gasteiger partial charge is 0.479 e. The Morgan fingerprint density at radius 2 is 1.88 bits per heavy atom. The van der Waals surface area contributed by atoms with Crippen LogP contribution in [-0.4, -0.2) is 59.9 Å². The number of esters is 1. The average Bonchev–Trinajstić information content (AvgIpc) is 3.19. The zero-order chi connectivity index (χ0) is 23.9. The van der Waals surface area contributed by atoms with E-state index in [2.05, 4.69) is 0 Å². The summed E-state index contributed by atoms with van der Waals surface area (Å²) in [5.41, 5.74) is -0.447. The Kier molecular flexibility index (Phi) is 5.83. The van der Waals surface area contributed by atoms with Gasteiger partial charge in [-0.15, -0.1) is 0 Å². The zero-order valence-electron chi connectivity index (χ0n) is 18.6. The molecule has 174 valence electrons. The summed E-state index contributed by atoms with van der Waals surface area (Å²) in [5.74, 6) is -0.320. The van der Waals surface area contributed by atoms with Crippen LogP contribution in [0.3, 0.4) is 0 Å². The van der Waals surface area contributed by atoms with E-state index in [1.807, 2.05) is 12.1 Å². The molecule has 0 fully saturated rings. The highest BCUT2D eigenvalue weighted by Crippen LogP contribution is 2.47. The smallest absolute Gasteiger partial charge is 0.354 e. The van der Waals surface area contributed by atoms with Crippen molar-refractivity contribution in [2.45, 2.75) is 31.0 Å². The molecule has 0 saturated carbocycles. The van der Waals surface area contributed by atoms with Gasteiger partial charge in [0, 0.05) is 42.8 Å². The van der Waals surface area contributed by atoms with Gasteiger partial charge in [-0.1, -0.05) is 18.2 Å². The van der Waals surface area contributed by atoms with E-state index in [1.54, 1.807) is 29.7 Å². The van der Waals surface area contributed by atoms with E-state index in [9.17, 15) is 20.0 Å². The van der Waals surface area contributed by atoms with Gasteiger partial charge in [-0.05, 0) is 25.1 Å². The Morgan fingerprint density at radius 1 is 1.18 bits per heavy atom. The van der Waals surface area contributed by atoms with Gasteiger partial charge in [0.1, 0.15) is 17.5 Å². The van der Waals surface area contributed by atoms with Crippen molar-refractivity contribution < 1.29 is 33.8 Å². The Hall–Kier alpha value is -3.47. The molecule has 3 aromatic rings. The molecule has 0 aliphatic carbocycles. The number of hydrogen-bond donors (Lipinski definition) is 1. The number of aromatic nitrogens is 1. The van der Waals surface area contributed by atoms with Crippen molar-refractivity contribution in [1.29, 1.82) is 0 Å². The molecule has 3 atom stereocenters. The highest BCUT2D eigenvalue weighted by atomic mass is 16.7. The van der Waals surface area contributed by atoms with Crippen LogP contribution in [0.4, 0.5) is 5.69 Å². The van der Waals surface area contributed by atoms with Crippen LogP contribution in [0.25, 0.3) is 10.9 Å². The van der Waals surface area contributed by atoms with Crippen LogP contribution in [0.1, 0.15) is 29.0 Å². The molecule has 0 spiro atoms. The summed E-state index contributed by atoms with van der Waals surface area (Å²) in [5, 5.41) is 23.9.